The summed E-state index contributed by atoms with van der Waals surface area (Å²) in [6.45, 7) is 1.70. The van der Waals surface area contributed by atoms with Crippen molar-refractivity contribution in [3.8, 4) is 17.2 Å². The predicted molar refractivity (Wildman–Crippen MR) is 99.3 cm³/mol. The van der Waals surface area contributed by atoms with Gasteiger partial charge in [-0.3, -0.25) is 10.2 Å². The normalized spacial score (nSPS) is 10.9. The fourth-order valence-electron chi connectivity index (χ4n) is 2.17. The molecule has 0 saturated carbocycles. The number of sulfonamides is 1. The lowest BCUT2D eigenvalue weighted by molar-refractivity contribution is -0.123. The molecule has 2 aromatic rings. The fraction of sp³-hybridized carbons (Fsp3) is 0.278. The molecule has 0 saturated heterocycles. The van der Waals surface area contributed by atoms with E-state index in [1.807, 2.05) is 23.9 Å². The number of aryl methyl sites for hydroxylation is 1. The molecule has 0 aliphatic carbocycles. The number of nitrogens with one attached hydrogen (secondary N) is 2. The van der Waals surface area contributed by atoms with Crippen LogP contribution in [-0.4, -0.2) is 35.2 Å². The van der Waals surface area contributed by atoms with E-state index >= 15 is 0 Å². The first-order valence-electron chi connectivity index (χ1n) is 8.14. The summed E-state index contributed by atoms with van der Waals surface area (Å²) in [5.74, 6) is 0.525. The molecule has 2 N–H and O–H groups in total. The molecule has 0 fully saturated rings. The van der Waals surface area contributed by atoms with E-state index in [9.17, 15) is 13.2 Å². The lowest BCUT2D eigenvalue weighted by atomic mass is 10.2. The first-order chi connectivity index (χ1) is 12.9. The minimum Gasteiger partial charge on any atom is -0.493 e. The summed E-state index contributed by atoms with van der Waals surface area (Å²) in [6.07, 6.45) is 0.901. The SMILES string of the molecule is CCc1ccc(OCC(=O)NNS(=O)(=O)c2ccc(OC)c(OC)c2)cc1. The van der Waals surface area contributed by atoms with Gasteiger partial charge >= 0.3 is 0 Å². The maximum Gasteiger partial charge on any atom is 0.272 e. The first-order valence-corrected chi connectivity index (χ1v) is 9.62. The predicted octanol–water partition coefficient (Wildman–Crippen LogP) is 1.65. The molecule has 2 rings (SSSR count). The van der Waals surface area contributed by atoms with Gasteiger partial charge in [-0.2, -0.15) is 0 Å². The van der Waals surface area contributed by atoms with Crippen molar-refractivity contribution in [1.29, 1.82) is 0 Å². The number of hydrazine groups is 1. The highest BCUT2D eigenvalue weighted by molar-refractivity contribution is 7.89. The lowest BCUT2D eigenvalue weighted by Gasteiger charge is -2.12. The van der Waals surface area contributed by atoms with Gasteiger partial charge in [0.25, 0.3) is 15.9 Å². The summed E-state index contributed by atoms with van der Waals surface area (Å²) in [5, 5.41) is 0. The quantitative estimate of drug-likeness (QED) is 0.627. The molecular formula is C18H22N2O6S. The molecule has 0 heterocycles. The van der Waals surface area contributed by atoms with Crippen LogP contribution < -0.4 is 24.5 Å². The van der Waals surface area contributed by atoms with E-state index in [0.717, 1.165) is 12.0 Å². The second-order valence-corrected chi connectivity index (χ2v) is 7.14. The summed E-state index contributed by atoms with van der Waals surface area (Å²) in [7, 11) is -1.14. The topological polar surface area (TPSA) is 103 Å². The van der Waals surface area contributed by atoms with Gasteiger partial charge < -0.3 is 14.2 Å². The van der Waals surface area contributed by atoms with Gasteiger partial charge in [0.05, 0.1) is 19.1 Å². The van der Waals surface area contributed by atoms with E-state index < -0.39 is 15.9 Å². The molecule has 0 spiro atoms. The first kappa shape index (κ1) is 20.5. The van der Waals surface area contributed by atoms with E-state index in [-0.39, 0.29) is 17.3 Å². The monoisotopic (exact) mass is 394 g/mol. The summed E-state index contributed by atoms with van der Waals surface area (Å²) in [4.78, 5) is 13.8. The molecule has 0 radical (unpaired) electrons. The molecule has 146 valence electrons. The summed E-state index contributed by atoms with van der Waals surface area (Å²) in [6, 6.07) is 11.4. The summed E-state index contributed by atoms with van der Waals surface area (Å²) >= 11 is 0. The third-order valence-electron chi connectivity index (χ3n) is 3.69. The van der Waals surface area contributed by atoms with E-state index in [4.69, 9.17) is 14.2 Å². The maximum absolute atomic E-state index is 12.3. The number of benzene rings is 2. The van der Waals surface area contributed by atoms with Crippen molar-refractivity contribution in [2.75, 3.05) is 20.8 Å². The van der Waals surface area contributed by atoms with Gasteiger partial charge in [-0.25, -0.2) is 8.42 Å². The van der Waals surface area contributed by atoms with E-state index in [0.29, 0.717) is 11.5 Å². The van der Waals surface area contributed by atoms with Crippen LogP contribution >= 0.6 is 0 Å². The van der Waals surface area contributed by atoms with E-state index in [1.165, 1.54) is 32.4 Å². The van der Waals surface area contributed by atoms with Crippen molar-refractivity contribution >= 4 is 15.9 Å². The van der Waals surface area contributed by atoms with Crippen LogP contribution in [0.15, 0.2) is 47.4 Å². The molecule has 0 bridgehead atoms. The lowest BCUT2D eigenvalue weighted by Crippen LogP contribution is -2.43. The van der Waals surface area contributed by atoms with Crippen LogP contribution in [0, 0.1) is 0 Å². The average Bonchev–Trinajstić information content (AvgIpc) is 2.70. The zero-order chi connectivity index (χ0) is 19.9. The molecule has 0 aliphatic rings. The van der Waals surface area contributed by atoms with Crippen molar-refractivity contribution in [3.05, 3.63) is 48.0 Å². The Balaban J connectivity index is 1.92. The zero-order valence-electron chi connectivity index (χ0n) is 15.3. The van der Waals surface area contributed by atoms with Crippen LogP contribution in [0.5, 0.6) is 17.2 Å². The van der Waals surface area contributed by atoms with Crippen LogP contribution in [0.25, 0.3) is 0 Å². The highest BCUT2D eigenvalue weighted by atomic mass is 32.2. The Labute approximate surface area is 158 Å². The maximum atomic E-state index is 12.3. The van der Waals surface area contributed by atoms with E-state index in [1.54, 1.807) is 12.1 Å². The summed E-state index contributed by atoms with van der Waals surface area (Å²) in [5.41, 5.74) is 3.25. The Morgan fingerprint density at radius 1 is 1.00 bits per heavy atom. The Morgan fingerprint density at radius 2 is 1.67 bits per heavy atom. The highest BCUT2D eigenvalue weighted by Crippen LogP contribution is 2.29. The number of hydrogen-bond donors (Lipinski definition) is 2. The van der Waals surface area contributed by atoms with Crippen molar-refractivity contribution in [2.24, 2.45) is 0 Å². The molecule has 0 aromatic heterocycles. The molecule has 1 amide bonds. The third kappa shape index (κ3) is 5.60. The molecule has 9 heteroatoms. The number of hydrogen-bond acceptors (Lipinski definition) is 6. The molecule has 0 unspecified atom stereocenters. The number of rotatable bonds is 9. The van der Waals surface area contributed by atoms with Gasteiger partial charge in [0.2, 0.25) is 0 Å². The Kier molecular flexibility index (Phi) is 7.03. The van der Waals surface area contributed by atoms with Gasteiger partial charge in [0, 0.05) is 6.07 Å². The van der Waals surface area contributed by atoms with Crippen LogP contribution in [0.3, 0.4) is 0 Å². The molecule has 8 nitrogen and oxygen atoms in total. The van der Waals surface area contributed by atoms with Gasteiger partial charge in [-0.05, 0) is 36.2 Å². The van der Waals surface area contributed by atoms with Gasteiger partial charge in [0.1, 0.15) is 5.75 Å². The van der Waals surface area contributed by atoms with Crippen LogP contribution in [-0.2, 0) is 21.2 Å². The number of methoxy groups -OCH3 is 2. The smallest absolute Gasteiger partial charge is 0.272 e. The standard InChI is InChI=1S/C18H22N2O6S/c1-4-13-5-7-14(8-6-13)26-12-18(21)19-20-27(22,23)15-9-10-16(24-2)17(11-15)25-3/h5-11,20H,4,12H2,1-3H3,(H,19,21). The number of carbonyl (C=O) groups is 1. The summed E-state index contributed by atoms with van der Waals surface area (Å²) < 4.78 is 40.0. The van der Waals surface area contributed by atoms with Gasteiger partial charge in [-0.15, -0.1) is 4.83 Å². The van der Waals surface area contributed by atoms with Gasteiger partial charge in [0.15, 0.2) is 18.1 Å². The molecule has 0 aliphatic heterocycles. The van der Waals surface area contributed by atoms with E-state index in [2.05, 4.69) is 5.43 Å². The molecule has 27 heavy (non-hydrogen) atoms. The number of amides is 1. The van der Waals surface area contributed by atoms with Crippen molar-refractivity contribution in [1.82, 2.24) is 10.3 Å². The largest absolute Gasteiger partial charge is 0.493 e. The van der Waals surface area contributed by atoms with Crippen LogP contribution in [0.2, 0.25) is 0 Å². The van der Waals surface area contributed by atoms with Crippen molar-refractivity contribution in [2.45, 2.75) is 18.2 Å². The Hall–Kier alpha value is -2.78. The Morgan fingerprint density at radius 3 is 2.26 bits per heavy atom. The minimum atomic E-state index is -3.98. The van der Waals surface area contributed by atoms with Gasteiger partial charge in [-0.1, -0.05) is 19.1 Å². The number of carbonyl (C=O) groups excluding carboxylic acids is 1. The van der Waals surface area contributed by atoms with Crippen molar-refractivity contribution < 1.29 is 27.4 Å². The molecular weight excluding hydrogens is 372 g/mol. The second kappa shape index (κ2) is 9.24. The fourth-order valence-corrected chi connectivity index (χ4v) is 3.05. The van der Waals surface area contributed by atoms with Crippen LogP contribution in [0.1, 0.15) is 12.5 Å². The van der Waals surface area contributed by atoms with Crippen molar-refractivity contribution in [3.63, 3.8) is 0 Å². The van der Waals surface area contributed by atoms with Crippen LogP contribution in [0.4, 0.5) is 0 Å². The minimum absolute atomic E-state index is 0.0866. The Bertz CT molecular complexity index is 881. The highest BCUT2D eigenvalue weighted by Gasteiger charge is 2.18. The molecule has 0 atom stereocenters. The average molecular weight is 394 g/mol. The zero-order valence-corrected chi connectivity index (χ0v) is 16.1. The second-order valence-electron chi connectivity index (χ2n) is 5.46. The third-order valence-corrected chi connectivity index (χ3v) is 4.94. The molecule has 2 aromatic carbocycles. The number of ether oxygens (including phenoxy) is 3.